The molecule has 4 heterocycles. The van der Waals surface area contributed by atoms with Crippen molar-refractivity contribution in [1.29, 1.82) is 0 Å². The van der Waals surface area contributed by atoms with Gasteiger partial charge in [0.15, 0.2) is 11.4 Å². The molecule has 114 valence electrons. The van der Waals surface area contributed by atoms with E-state index in [9.17, 15) is 0 Å². The fourth-order valence-corrected chi connectivity index (χ4v) is 2.66. The molecule has 0 aliphatic carbocycles. The van der Waals surface area contributed by atoms with E-state index in [0.29, 0.717) is 23.0 Å². The Labute approximate surface area is 132 Å². The molecule has 0 atom stereocenters. The van der Waals surface area contributed by atoms with Crippen LogP contribution in [0.4, 0.5) is 5.82 Å². The number of nitrogen functional groups attached to an aromatic ring is 1. The molecule has 4 aromatic rings. The first kappa shape index (κ1) is 13.5. The number of hydrogen-bond donors (Lipinski definition) is 1. The number of furan rings is 1. The second-order valence-corrected chi connectivity index (χ2v) is 5.24. The lowest BCUT2D eigenvalue weighted by molar-refractivity contribution is 0.577. The first-order chi connectivity index (χ1) is 11.3. The van der Waals surface area contributed by atoms with Crippen LogP contribution in [-0.2, 0) is 6.42 Å². The summed E-state index contributed by atoms with van der Waals surface area (Å²) in [6, 6.07) is 9.50. The van der Waals surface area contributed by atoms with Crippen molar-refractivity contribution in [1.82, 2.24) is 19.6 Å². The molecule has 0 aliphatic heterocycles. The van der Waals surface area contributed by atoms with Gasteiger partial charge in [-0.2, -0.15) is 4.52 Å². The Morgan fingerprint density at radius 2 is 2.17 bits per heavy atom. The highest BCUT2D eigenvalue weighted by Crippen LogP contribution is 2.27. The third kappa shape index (κ3) is 2.24. The van der Waals surface area contributed by atoms with E-state index in [1.807, 2.05) is 30.5 Å². The molecule has 4 aromatic heterocycles. The predicted octanol–water partition coefficient (Wildman–Crippen LogP) is 3.20. The lowest BCUT2D eigenvalue weighted by Gasteiger charge is -2.08. The molecule has 0 radical (unpaired) electrons. The summed E-state index contributed by atoms with van der Waals surface area (Å²) in [5.74, 6) is 1.67. The fraction of sp³-hybridized carbons (Fsp3) is 0.118. The summed E-state index contributed by atoms with van der Waals surface area (Å²) in [6.07, 6.45) is 6.17. The van der Waals surface area contributed by atoms with Gasteiger partial charge in [0.1, 0.15) is 5.82 Å². The Balaban J connectivity index is 1.90. The van der Waals surface area contributed by atoms with E-state index in [2.05, 4.69) is 22.0 Å². The van der Waals surface area contributed by atoms with Gasteiger partial charge in [0.2, 0.25) is 5.82 Å². The van der Waals surface area contributed by atoms with Crippen LogP contribution < -0.4 is 5.73 Å². The van der Waals surface area contributed by atoms with Crippen molar-refractivity contribution >= 4 is 11.5 Å². The maximum Gasteiger partial charge on any atom is 0.217 e. The van der Waals surface area contributed by atoms with Gasteiger partial charge in [0.05, 0.1) is 6.26 Å². The molecule has 0 bridgehead atoms. The molecule has 0 unspecified atom stereocenters. The standard InChI is InChI=1S/C17H15N5O/c1-2-11-10-19-6-5-13(11)12-8-15(18)22-16(9-12)20-17(21-22)14-4-3-7-23-14/h3-10H,2,18H2,1H3. The first-order valence-corrected chi connectivity index (χ1v) is 7.39. The van der Waals surface area contributed by atoms with Crippen LogP contribution in [0.3, 0.4) is 0 Å². The van der Waals surface area contributed by atoms with Crippen molar-refractivity contribution in [3.8, 4) is 22.7 Å². The molecule has 6 nitrogen and oxygen atoms in total. The van der Waals surface area contributed by atoms with Crippen LogP contribution in [0.25, 0.3) is 28.4 Å². The second-order valence-electron chi connectivity index (χ2n) is 5.24. The van der Waals surface area contributed by atoms with E-state index in [4.69, 9.17) is 10.2 Å². The van der Waals surface area contributed by atoms with Gasteiger partial charge >= 0.3 is 0 Å². The van der Waals surface area contributed by atoms with Crippen LogP contribution >= 0.6 is 0 Å². The summed E-state index contributed by atoms with van der Waals surface area (Å²) in [5, 5.41) is 4.41. The largest absolute Gasteiger partial charge is 0.461 e. The van der Waals surface area contributed by atoms with Gasteiger partial charge in [-0.1, -0.05) is 6.92 Å². The van der Waals surface area contributed by atoms with Gasteiger partial charge in [-0.15, -0.1) is 5.10 Å². The average Bonchev–Trinajstić information content (AvgIpc) is 3.23. The van der Waals surface area contributed by atoms with Crippen molar-refractivity contribution in [3.63, 3.8) is 0 Å². The molecule has 0 amide bonds. The molecular weight excluding hydrogens is 290 g/mol. The zero-order valence-electron chi connectivity index (χ0n) is 12.6. The molecule has 23 heavy (non-hydrogen) atoms. The molecule has 2 N–H and O–H groups in total. The molecular formula is C17H15N5O. The molecule has 4 rings (SSSR count). The molecule has 0 aliphatic rings. The Hall–Kier alpha value is -3.15. The number of fused-ring (bicyclic) bond motifs is 1. The number of hydrogen-bond acceptors (Lipinski definition) is 5. The minimum absolute atomic E-state index is 0.518. The Kier molecular flexibility index (Phi) is 3.08. The Morgan fingerprint density at radius 3 is 2.96 bits per heavy atom. The summed E-state index contributed by atoms with van der Waals surface area (Å²) >= 11 is 0. The predicted molar refractivity (Wildman–Crippen MR) is 87.7 cm³/mol. The monoisotopic (exact) mass is 305 g/mol. The van der Waals surface area contributed by atoms with E-state index in [1.54, 1.807) is 23.0 Å². The second kappa shape index (κ2) is 5.24. The van der Waals surface area contributed by atoms with Gasteiger partial charge in [-0.05, 0) is 53.4 Å². The third-order valence-electron chi connectivity index (χ3n) is 3.80. The van der Waals surface area contributed by atoms with E-state index in [-0.39, 0.29) is 0 Å². The highest BCUT2D eigenvalue weighted by atomic mass is 16.3. The lowest BCUT2D eigenvalue weighted by atomic mass is 10.0. The molecule has 0 saturated heterocycles. The normalized spacial score (nSPS) is 11.2. The van der Waals surface area contributed by atoms with Gasteiger partial charge < -0.3 is 10.2 Å². The number of rotatable bonds is 3. The zero-order chi connectivity index (χ0) is 15.8. The van der Waals surface area contributed by atoms with Crippen LogP contribution in [0, 0.1) is 0 Å². The van der Waals surface area contributed by atoms with Gasteiger partial charge in [0.25, 0.3) is 0 Å². The van der Waals surface area contributed by atoms with Gasteiger partial charge in [-0.3, -0.25) is 4.98 Å². The SMILES string of the molecule is CCc1cnccc1-c1cc(N)n2nc(-c3ccco3)nc2c1. The Morgan fingerprint density at radius 1 is 1.26 bits per heavy atom. The summed E-state index contributed by atoms with van der Waals surface area (Å²) in [5.41, 5.74) is 10.1. The lowest BCUT2D eigenvalue weighted by Crippen LogP contribution is -1.99. The number of anilines is 1. The number of aryl methyl sites for hydroxylation is 1. The van der Waals surface area contributed by atoms with Crippen LogP contribution in [0.15, 0.2) is 53.4 Å². The van der Waals surface area contributed by atoms with Crippen LogP contribution in [0.1, 0.15) is 12.5 Å². The fourth-order valence-electron chi connectivity index (χ4n) is 2.66. The molecule has 0 spiro atoms. The number of nitrogens with zero attached hydrogens (tertiary/aromatic N) is 4. The molecule has 0 fully saturated rings. The van der Waals surface area contributed by atoms with Crippen molar-refractivity contribution in [3.05, 3.63) is 54.6 Å². The van der Waals surface area contributed by atoms with Gasteiger partial charge in [-0.25, -0.2) is 4.98 Å². The summed E-state index contributed by atoms with van der Waals surface area (Å²) < 4.78 is 6.97. The van der Waals surface area contributed by atoms with Crippen molar-refractivity contribution in [2.24, 2.45) is 0 Å². The first-order valence-electron chi connectivity index (χ1n) is 7.39. The number of nitrogens with two attached hydrogens (primary N) is 1. The van der Waals surface area contributed by atoms with E-state index < -0.39 is 0 Å². The summed E-state index contributed by atoms with van der Waals surface area (Å²) in [6.45, 7) is 2.11. The van der Waals surface area contributed by atoms with E-state index in [0.717, 1.165) is 17.5 Å². The van der Waals surface area contributed by atoms with E-state index >= 15 is 0 Å². The Bertz CT molecular complexity index is 972. The van der Waals surface area contributed by atoms with Crippen LogP contribution in [-0.4, -0.2) is 19.6 Å². The quantitative estimate of drug-likeness (QED) is 0.628. The highest BCUT2D eigenvalue weighted by Gasteiger charge is 2.13. The van der Waals surface area contributed by atoms with Crippen molar-refractivity contribution in [2.45, 2.75) is 13.3 Å². The molecule has 6 heteroatoms. The zero-order valence-corrected chi connectivity index (χ0v) is 12.6. The average molecular weight is 305 g/mol. The number of aromatic nitrogens is 4. The van der Waals surface area contributed by atoms with E-state index in [1.165, 1.54) is 5.56 Å². The number of pyridine rings is 2. The maximum absolute atomic E-state index is 6.17. The summed E-state index contributed by atoms with van der Waals surface area (Å²) in [4.78, 5) is 8.71. The maximum atomic E-state index is 6.17. The minimum Gasteiger partial charge on any atom is -0.461 e. The van der Waals surface area contributed by atoms with Crippen molar-refractivity contribution in [2.75, 3.05) is 5.73 Å². The summed E-state index contributed by atoms with van der Waals surface area (Å²) in [7, 11) is 0. The smallest absolute Gasteiger partial charge is 0.217 e. The third-order valence-corrected chi connectivity index (χ3v) is 3.80. The van der Waals surface area contributed by atoms with Gasteiger partial charge in [0, 0.05) is 12.4 Å². The molecule has 0 saturated carbocycles. The van der Waals surface area contributed by atoms with Crippen LogP contribution in [0.2, 0.25) is 0 Å². The highest BCUT2D eigenvalue weighted by molar-refractivity contribution is 5.73. The van der Waals surface area contributed by atoms with Crippen molar-refractivity contribution < 1.29 is 4.42 Å². The molecule has 0 aromatic carbocycles. The minimum atomic E-state index is 0.518. The van der Waals surface area contributed by atoms with Crippen LogP contribution in [0.5, 0.6) is 0 Å². The topological polar surface area (TPSA) is 82.2 Å².